The molecule has 1 aliphatic heterocycles. The number of fused-ring (bicyclic) bond motifs is 1. The SMILES string of the molecule is CCCc1nc(-c2ncc(Br)cc2Br)nc2c1CNC2. The fourth-order valence-corrected chi connectivity index (χ4v) is 3.53. The van der Waals surface area contributed by atoms with E-state index < -0.39 is 0 Å². The zero-order chi connectivity index (χ0) is 14.1. The van der Waals surface area contributed by atoms with Gasteiger partial charge in [0.1, 0.15) is 5.69 Å². The first-order valence-corrected chi connectivity index (χ1v) is 8.18. The zero-order valence-electron chi connectivity index (χ0n) is 11.1. The van der Waals surface area contributed by atoms with Gasteiger partial charge in [-0.25, -0.2) is 9.97 Å². The van der Waals surface area contributed by atoms with Crippen molar-refractivity contribution in [3.05, 3.63) is 38.2 Å². The molecule has 0 spiro atoms. The zero-order valence-corrected chi connectivity index (χ0v) is 14.3. The maximum atomic E-state index is 4.74. The molecule has 6 heteroatoms. The lowest BCUT2D eigenvalue weighted by Crippen LogP contribution is -2.04. The summed E-state index contributed by atoms with van der Waals surface area (Å²) in [5, 5.41) is 3.35. The van der Waals surface area contributed by atoms with Crippen LogP contribution in [0.2, 0.25) is 0 Å². The van der Waals surface area contributed by atoms with Gasteiger partial charge in [0.15, 0.2) is 5.82 Å². The standard InChI is InChI=1S/C14H14Br2N4/c1-2-3-11-9-6-17-7-12(9)20-14(19-11)13-10(16)4-8(15)5-18-13/h4-5,17H,2-3,6-7H2,1H3. The highest BCUT2D eigenvalue weighted by atomic mass is 79.9. The number of halogens is 2. The lowest BCUT2D eigenvalue weighted by Gasteiger charge is -2.09. The summed E-state index contributed by atoms with van der Waals surface area (Å²) in [6, 6.07) is 1.97. The van der Waals surface area contributed by atoms with Gasteiger partial charge >= 0.3 is 0 Å². The van der Waals surface area contributed by atoms with Crippen LogP contribution < -0.4 is 5.32 Å². The molecule has 0 unspecified atom stereocenters. The Labute approximate surface area is 134 Å². The highest BCUT2D eigenvalue weighted by molar-refractivity contribution is 9.11. The van der Waals surface area contributed by atoms with E-state index in [1.807, 2.05) is 6.07 Å². The van der Waals surface area contributed by atoms with Crippen molar-refractivity contribution in [2.75, 3.05) is 0 Å². The lowest BCUT2D eigenvalue weighted by molar-refractivity contribution is 0.753. The van der Waals surface area contributed by atoms with Gasteiger partial charge in [0, 0.05) is 39.5 Å². The van der Waals surface area contributed by atoms with Gasteiger partial charge in [0.2, 0.25) is 0 Å². The summed E-state index contributed by atoms with van der Waals surface area (Å²) in [5.74, 6) is 0.704. The van der Waals surface area contributed by atoms with E-state index in [1.165, 1.54) is 5.56 Å². The molecular formula is C14H14Br2N4. The van der Waals surface area contributed by atoms with Crippen LogP contribution in [0.4, 0.5) is 0 Å². The van der Waals surface area contributed by atoms with Crippen molar-refractivity contribution in [3.8, 4) is 11.5 Å². The Morgan fingerprint density at radius 1 is 1.25 bits per heavy atom. The molecule has 1 N–H and O–H groups in total. The third-order valence-electron chi connectivity index (χ3n) is 3.28. The number of pyridine rings is 1. The molecule has 0 aromatic carbocycles. The molecule has 0 aliphatic carbocycles. The van der Waals surface area contributed by atoms with Crippen LogP contribution >= 0.6 is 31.9 Å². The smallest absolute Gasteiger partial charge is 0.179 e. The molecule has 3 heterocycles. The summed E-state index contributed by atoms with van der Waals surface area (Å²) in [6.07, 6.45) is 3.83. The van der Waals surface area contributed by atoms with E-state index in [4.69, 9.17) is 4.98 Å². The predicted octanol–water partition coefficient (Wildman–Crippen LogP) is 3.62. The summed E-state index contributed by atoms with van der Waals surface area (Å²) in [5.41, 5.74) is 4.31. The normalized spacial score (nSPS) is 13.6. The quantitative estimate of drug-likeness (QED) is 0.859. The van der Waals surface area contributed by atoms with Gasteiger partial charge in [0.05, 0.1) is 5.69 Å². The Kier molecular flexibility index (Phi) is 4.14. The Hall–Kier alpha value is -0.850. The number of rotatable bonds is 3. The second-order valence-electron chi connectivity index (χ2n) is 4.76. The van der Waals surface area contributed by atoms with Gasteiger partial charge in [0.25, 0.3) is 0 Å². The summed E-state index contributed by atoms with van der Waals surface area (Å²) in [7, 11) is 0. The van der Waals surface area contributed by atoms with Crippen molar-refractivity contribution in [1.29, 1.82) is 0 Å². The van der Waals surface area contributed by atoms with Gasteiger partial charge in [-0.3, -0.25) is 4.98 Å². The molecule has 0 fully saturated rings. The van der Waals surface area contributed by atoms with Crippen molar-refractivity contribution < 1.29 is 0 Å². The van der Waals surface area contributed by atoms with Gasteiger partial charge in [-0.2, -0.15) is 0 Å². The fourth-order valence-electron chi connectivity index (χ4n) is 2.37. The van der Waals surface area contributed by atoms with Crippen molar-refractivity contribution in [2.24, 2.45) is 0 Å². The number of aromatic nitrogens is 3. The highest BCUT2D eigenvalue weighted by Crippen LogP contribution is 2.28. The molecular weight excluding hydrogens is 384 g/mol. The van der Waals surface area contributed by atoms with Crippen LogP contribution in [0.5, 0.6) is 0 Å². The third kappa shape index (κ3) is 2.64. The van der Waals surface area contributed by atoms with Crippen LogP contribution in [0.15, 0.2) is 21.2 Å². The third-order valence-corrected chi connectivity index (χ3v) is 4.32. The van der Waals surface area contributed by atoms with Gasteiger partial charge in [-0.15, -0.1) is 0 Å². The summed E-state index contributed by atoms with van der Waals surface area (Å²) < 4.78 is 1.84. The molecule has 2 aromatic heterocycles. The van der Waals surface area contributed by atoms with E-state index in [0.29, 0.717) is 5.82 Å². The average Bonchev–Trinajstić information content (AvgIpc) is 2.87. The highest BCUT2D eigenvalue weighted by Gasteiger charge is 2.20. The van der Waals surface area contributed by atoms with Crippen molar-refractivity contribution in [3.63, 3.8) is 0 Å². The number of hydrogen-bond acceptors (Lipinski definition) is 4. The molecule has 20 heavy (non-hydrogen) atoms. The Morgan fingerprint density at radius 2 is 2.10 bits per heavy atom. The minimum atomic E-state index is 0.704. The summed E-state index contributed by atoms with van der Waals surface area (Å²) in [6.45, 7) is 3.86. The molecule has 0 saturated carbocycles. The second-order valence-corrected chi connectivity index (χ2v) is 6.53. The van der Waals surface area contributed by atoms with Crippen molar-refractivity contribution >= 4 is 31.9 Å². The van der Waals surface area contributed by atoms with Gasteiger partial charge < -0.3 is 5.32 Å². The maximum Gasteiger partial charge on any atom is 0.179 e. The first-order chi connectivity index (χ1) is 9.69. The Morgan fingerprint density at radius 3 is 2.85 bits per heavy atom. The van der Waals surface area contributed by atoms with Crippen LogP contribution in [0.1, 0.15) is 30.3 Å². The van der Waals surface area contributed by atoms with Crippen LogP contribution in [-0.4, -0.2) is 15.0 Å². The predicted molar refractivity (Wildman–Crippen MR) is 85.2 cm³/mol. The lowest BCUT2D eigenvalue weighted by atomic mass is 10.1. The van der Waals surface area contributed by atoms with E-state index in [9.17, 15) is 0 Å². The van der Waals surface area contributed by atoms with Gasteiger partial charge in [-0.1, -0.05) is 13.3 Å². The van der Waals surface area contributed by atoms with Crippen LogP contribution in [0.3, 0.4) is 0 Å². The van der Waals surface area contributed by atoms with Crippen LogP contribution in [-0.2, 0) is 19.5 Å². The fraction of sp³-hybridized carbons (Fsp3) is 0.357. The van der Waals surface area contributed by atoms with Crippen molar-refractivity contribution in [2.45, 2.75) is 32.9 Å². The monoisotopic (exact) mass is 396 g/mol. The van der Waals surface area contributed by atoms with E-state index in [1.54, 1.807) is 6.20 Å². The molecule has 2 aromatic rings. The second kappa shape index (κ2) is 5.87. The largest absolute Gasteiger partial charge is 0.307 e. The Bertz CT molecular complexity index is 658. The molecule has 104 valence electrons. The van der Waals surface area contributed by atoms with E-state index in [2.05, 4.69) is 54.1 Å². The molecule has 0 amide bonds. The topological polar surface area (TPSA) is 50.7 Å². The van der Waals surface area contributed by atoms with E-state index in [0.717, 1.165) is 52.0 Å². The summed E-state index contributed by atoms with van der Waals surface area (Å²) >= 11 is 6.95. The molecule has 0 radical (unpaired) electrons. The molecule has 3 rings (SSSR count). The number of nitrogens with zero attached hydrogens (tertiary/aromatic N) is 3. The Balaban J connectivity index is 2.12. The maximum absolute atomic E-state index is 4.74. The first kappa shape index (κ1) is 14.1. The van der Waals surface area contributed by atoms with Crippen LogP contribution in [0, 0.1) is 0 Å². The number of aryl methyl sites for hydroxylation is 1. The first-order valence-electron chi connectivity index (χ1n) is 6.60. The number of nitrogens with one attached hydrogen (secondary N) is 1. The minimum absolute atomic E-state index is 0.704. The van der Waals surface area contributed by atoms with E-state index in [-0.39, 0.29) is 0 Å². The van der Waals surface area contributed by atoms with Gasteiger partial charge in [-0.05, 0) is 44.3 Å². The molecule has 0 bridgehead atoms. The van der Waals surface area contributed by atoms with E-state index >= 15 is 0 Å². The van der Waals surface area contributed by atoms with Crippen LogP contribution in [0.25, 0.3) is 11.5 Å². The minimum Gasteiger partial charge on any atom is -0.307 e. The molecule has 0 saturated heterocycles. The molecule has 1 aliphatic rings. The summed E-state index contributed by atoms with van der Waals surface area (Å²) in [4.78, 5) is 13.8. The molecule has 0 atom stereocenters. The average molecular weight is 398 g/mol. The van der Waals surface area contributed by atoms with Crippen molar-refractivity contribution in [1.82, 2.24) is 20.3 Å². The molecule has 4 nitrogen and oxygen atoms in total. The number of hydrogen-bond donors (Lipinski definition) is 1.